The number of rotatable bonds is 5. The minimum atomic E-state index is 0.466. The van der Waals surface area contributed by atoms with E-state index in [1.165, 1.54) is 16.4 Å². The van der Waals surface area contributed by atoms with E-state index < -0.39 is 0 Å². The van der Waals surface area contributed by atoms with Crippen molar-refractivity contribution in [1.82, 2.24) is 14.8 Å². The average Bonchev–Trinajstić information content (AvgIpc) is 3.10. The quantitative estimate of drug-likeness (QED) is 0.742. The van der Waals surface area contributed by atoms with Crippen molar-refractivity contribution in [2.75, 3.05) is 6.61 Å². The van der Waals surface area contributed by atoms with Crippen molar-refractivity contribution in [2.45, 2.75) is 38.3 Å². The van der Waals surface area contributed by atoms with Crippen LogP contribution in [-0.4, -0.2) is 27.5 Å². The van der Waals surface area contributed by atoms with Crippen LogP contribution in [0, 0.1) is 3.57 Å². The first kappa shape index (κ1) is 14.0. The summed E-state index contributed by atoms with van der Waals surface area (Å²) in [6.45, 7) is 1.85. The summed E-state index contributed by atoms with van der Waals surface area (Å²) in [4.78, 5) is 4.40. The van der Waals surface area contributed by atoms with E-state index in [1.807, 2.05) is 23.1 Å². The van der Waals surface area contributed by atoms with Crippen LogP contribution in [-0.2, 0) is 11.3 Å². The Morgan fingerprint density at radius 2 is 2.35 bits per heavy atom. The molecule has 3 rings (SSSR count). The van der Waals surface area contributed by atoms with Gasteiger partial charge >= 0.3 is 0 Å². The molecule has 1 unspecified atom stereocenters. The molecule has 1 aliphatic rings. The Kier molecular flexibility index (Phi) is 4.67. The van der Waals surface area contributed by atoms with Crippen molar-refractivity contribution >= 4 is 22.6 Å². The number of ether oxygens (including phenoxy) is 1. The average molecular weight is 383 g/mol. The van der Waals surface area contributed by atoms with E-state index >= 15 is 0 Å². The summed E-state index contributed by atoms with van der Waals surface area (Å²) < 4.78 is 8.77. The Morgan fingerprint density at radius 1 is 1.40 bits per heavy atom. The fraction of sp³-hybridized carbons (Fsp3) is 0.467. The van der Waals surface area contributed by atoms with Crippen LogP contribution in [0.4, 0.5) is 0 Å². The topological polar surface area (TPSA) is 39.9 Å². The Balaban J connectivity index is 1.56. The fourth-order valence-electron chi connectivity index (χ4n) is 2.52. The summed E-state index contributed by atoms with van der Waals surface area (Å²) in [5, 5.41) is 4.55. The molecule has 1 saturated heterocycles. The molecule has 1 aliphatic heterocycles. The van der Waals surface area contributed by atoms with Crippen LogP contribution in [0.2, 0.25) is 0 Å². The maximum atomic E-state index is 5.63. The summed E-state index contributed by atoms with van der Waals surface area (Å²) in [5.41, 5.74) is 1.08. The molecule has 1 aromatic carbocycles. The monoisotopic (exact) mass is 383 g/mol. The molecule has 0 bridgehead atoms. The zero-order valence-electron chi connectivity index (χ0n) is 11.3. The van der Waals surface area contributed by atoms with Gasteiger partial charge in [0.2, 0.25) is 0 Å². The molecule has 0 amide bonds. The van der Waals surface area contributed by atoms with Gasteiger partial charge in [-0.25, -0.2) is 4.98 Å². The molecular formula is C15H18IN3O. The maximum Gasteiger partial charge on any atom is 0.181 e. The molecule has 1 fully saturated rings. The van der Waals surface area contributed by atoms with Crippen LogP contribution in [0.3, 0.4) is 0 Å². The van der Waals surface area contributed by atoms with E-state index in [2.05, 4.69) is 44.8 Å². The highest BCUT2D eigenvalue weighted by Gasteiger charge is 2.14. The highest BCUT2D eigenvalue weighted by molar-refractivity contribution is 14.1. The van der Waals surface area contributed by atoms with Gasteiger partial charge in [-0.3, -0.25) is 4.68 Å². The molecule has 2 aromatic rings. The molecule has 0 radical (unpaired) electrons. The van der Waals surface area contributed by atoms with Gasteiger partial charge in [-0.15, -0.1) is 0 Å². The standard InChI is InChI=1S/C15H18IN3O/c16-13-5-1-4-12(10-13)15-17-11-19(18-15)8-2-6-14-7-3-9-20-14/h1,4-5,10-11,14H,2-3,6-9H2. The molecule has 1 aromatic heterocycles. The van der Waals surface area contributed by atoms with Gasteiger partial charge in [0.15, 0.2) is 5.82 Å². The Morgan fingerprint density at radius 3 is 3.15 bits per heavy atom. The molecule has 0 saturated carbocycles. The van der Waals surface area contributed by atoms with Crippen LogP contribution in [0.1, 0.15) is 25.7 Å². The lowest BCUT2D eigenvalue weighted by Crippen LogP contribution is -2.07. The van der Waals surface area contributed by atoms with Crippen molar-refractivity contribution in [3.63, 3.8) is 0 Å². The van der Waals surface area contributed by atoms with E-state index in [0.717, 1.165) is 37.4 Å². The zero-order valence-corrected chi connectivity index (χ0v) is 13.5. The van der Waals surface area contributed by atoms with Crippen LogP contribution in [0.25, 0.3) is 11.4 Å². The SMILES string of the molecule is Ic1cccc(-c2ncn(CCCC3CCCO3)n2)c1. The van der Waals surface area contributed by atoms with E-state index in [0.29, 0.717) is 6.10 Å². The van der Waals surface area contributed by atoms with E-state index in [9.17, 15) is 0 Å². The first-order valence-electron chi connectivity index (χ1n) is 7.08. The first-order valence-corrected chi connectivity index (χ1v) is 8.16. The second kappa shape index (κ2) is 6.67. The summed E-state index contributed by atoms with van der Waals surface area (Å²) in [5.74, 6) is 0.806. The molecule has 106 valence electrons. The Bertz CT molecular complexity index is 564. The van der Waals surface area contributed by atoms with Crippen LogP contribution < -0.4 is 0 Å². The lowest BCUT2D eigenvalue weighted by Gasteiger charge is -2.08. The Labute approximate surface area is 132 Å². The van der Waals surface area contributed by atoms with Crippen molar-refractivity contribution in [2.24, 2.45) is 0 Å². The second-order valence-corrected chi connectivity index (χ2v) is 6.36. The number of nitrogens with zero attached hydrogens (tertiary/aromatic N) is 3. The van der Waals surface area contributed by atoms with Gasteiger partial charge in [-0.05, 0) is 60.4 Å². The van der Waals surface area contributed by atoms with Crippen LogP contribution in [0.5, 0.6) is 0 Å². The predicted molar refractivity (Wildman–Crippen MR) is 86.4 cm³/mol. The second-order valence-electron chi connectivity index (χ2n) is 5.12. The van der Waals surface area contributed by atoms with Crippen molar-refractivity contribution in [1.29, 1.82) is 0 Å². The van der Waals surface area contributed by atoms with Gasteiger partial charge in [0.1, 0.15) is 6.33 Å². The van der Waals surface area contributed by atoms with Gasteiger partial charge in [0, 0.05) is 22.3 Å². The lowest BCUT2D eigenvalue weighted by atomic mass is 10.1. The normalized spacial score (nSPS) is 18.6. The van der Waals surface area contributed by atoms with E-state index in [-0.39, 0.29) is 0 Å². The van der Waals surface area contributed by atoms with Gasteiger partial charge in [0.25, 0.3) is 0 Å². The van der Waals surface area contributed by atoms with Crippen LogP contribution >= 0.6 is 22.6 Å². The molecule has 0 spiro atoms. The number of benzene rings is 1. The third kappa shape index (κ3) is 3.58. The maximum absolute atomic E-state index is 5.63. The van der Waals surface area contributed by atoms with Crippen molar-refractivity contribution in [3.05, 3.63) is 34.2 Å². The zero-order chi connectivity index (χ0) is 13.8. The number of aryl methyl sites for hydroxylation is 1. The largest absolute Gasteiger partial charge is 0.378 e. The smallest absolute Gasteiger partial charge is 0.181 e. The highest BCUT2D eigenvalue weighted by atomic mass is 127. The summed E-state index contributed by atoms with van der Waals surface area (Å²) in [6.07, 6.45) is 6.94. The third-order valence-electron chi connectivity index (χ3n) is 3.56. The number of aromatic nitrogens is 3. The third-order valence-corrected chi connectivity index (χ3v) is 4.23. The summed E-state index contributed by atoms with van der Waals surface area (Å²) >= 11 is 2.31. The minimum Gasteiger partial charge on any atom is -0.378 e. The highest BCUT2D eigenvalue weighted by Crippen LogP contribution is 2.19. The van der Waals surface area contributed by atoms with Gasteiger partial charge in [0.05, 0.1) is 6.10 Å². The molecule has 20 heavy (non-hydrogen) atoms. The van der Waals surface area contributed by atoms with Crippen molar-refractivity contribution in [3.8, 4) is 11.4 Å². The Hall–Kier alpha value is -0.950. The predicted octanol–water partition coefficient (Wildman–Crippen LogP) is 3.51. The molecule has 2 heterocycles. The van der Waals surface area contributed by atoms with Crippen molar-refractivity contribution < 1.29 is 4.74 Å². The van der Waals surface area contributed by atoms with E-state index in [4.69, 9.17) is 4.74 Å². The molecule has 0 aliphatic carbocycles. The lowest BCUT2D eigenvalue weighted by molar-refractivity contribution is 0.101. The van der Waals surface area contributed by atoms with E-state index in [1.54, 1.807) is 0 Å². The molecular weight excluding hydrogens is 365 g/mol. The molecule has 1 atom stereocenters. The van der Waals surface area contributed by atoms with Crippen LogP contribution in [0.15, 0.2) is 30.6 Å². The molecule has 5 heteroatoms. The molecule has 0 N–H and O–H groups in total. The van der Waals surface area contributed by atoms with Gasteiger partial charge in [-0.1, -0.05) is 12.1 Å². The minimum absolute atomic E-state index is 0.466. The van der Waals surface area contributed by atoms with Gasteiger partial charge < -0.3 is 4.74 Å². The van der Waals surface area contributed by atoms with Gasteiger partial charge in [-0.2, -0.15) is 5.10 Å². The number of hydrogen-bond donors (Lipinski definition) is 0. The molecule has 4 nitrogen and oxygen atoms in total. The number of hydrogen-bond acceptors (Lipinski definition) is 3. The summed E-state index contributed by atoms with van der Waals surface area (Å²) in [7, 11) is 0. The summed E-state index contributed by atoms with van der Waals surface area (Å²) in [6, 6.07) is 8.26. The first-order chi connectivity index (χ1) is 9.81. The number of halogens is 1. The fourth-order valence-corrected chi connectivity index (χ4v) is 3.06.